The van der Waals surface area contributed by atoms with Crippen LogP contribution in [0.15, 0.2) is 30.3 Å². The van der Waals surface area contributed by atoms with Crippen molar-refractivity contribution >= 4 is 17.4 Å². The SMILES string of the molecule is CCCNc1cc(-c2cccc(Cl)c2)nc(C(C)(C)C)n1. The van der Waals surface area contributed by atoms with Gasteiger partial charge in [0.1, 0.15) is 11.6 Å². The van der Waals surface area contributed by atoms with Gasteiger partial charge in [0.25, 0.3) is 0 Å². The summed E-state index contributed by atoms with van der Waals surface area (Å²) in [6, 6.07) is 9.74. The Morgan fingerprint density at radius 1 is 1.14 bits per heavy atom. The smallest absolute Gasteiger partial charge is 0.136 e. The minimum Gasteiger partial charge on any atom is -0.370 e. The summed E-state index contributed by atoms with van der Waals surface area (Å²) in [6.07, 6.45) is 1.06. The van der Waals surface area contributed by atoms with E-state index in [9.17, 15) is 0 Å². The fraction of sp³-hybridized carbons (Fsp3) is 0.412. The zero-order chi connectivity index (χ0) is 15.5. The second kappa shape index (κ2) is 6.44. The predicted octanol–water partition coefficient (Wildman–Crippen LogP) is 4.92. The molecule has 0 amide bonds. The van der Waals surface area contributed by atoms with Crippen molar-refractivity contribution in [3.8, 4) is 11.3 Å². The van der Waals surface area contributed by atoms with Gasteiger partial charge in [0.2, 0.25) is 0 Å². The molecule has 0 spiro atoms. The Balaban J connectivity index is 2.49. The largest absolute Gasteiger partial charge is 0.370 e. The summed E-state index contributed by atoms with van der Waals surface area (Å²) in [5.41, 5.74) is 1.81. The van der Waals surface area contributed by atoms with Crippen molar-refractivity contribution in [2.24, 2.45) is 0 Å². The quantitative estimate of drug-likeness (QED) is 0.871. The van der Waals surface area contributed by atoms with Crippen LogP contribution >= 0.6 is 11.6 Å². The molecule has 0 unspecified atom stereocenters. The first-order valence-electron chi connectivity index (χ1n) is 7.29. The third-order valence-electron chi connectivity index (χ3n) is 3.07. The zero-order valence-electron chi connectivity index (χ0n) is 13.1. The van der Waals surface area contributed by atoms with Crippen LogP contribution in [0.2, 0.25) is 5.02 Å². The van der Waals surface area contributed by atoms with Crippen LogP contribution in [0, 0.1) is 0 Å². The Hall–Kier alpha value is -1.61. The van der Waals surface area contributed by atoms with E-state index in [0.717, 1.165) is 35.9 Å². The second-order valence-electron chi connectivity index (χ2n) is 6.15. The van der Waals surface area contributed by atoms with Crippen LogP contribution in [-0.4, -0.2) is 16.5 Å². The Bertz CT molecular complexity index is 618. The molecule has 112 valence electrons. The molecule has 2 rings (SSSR count). The van der Waals surface area contributed by atoms with Crippen molar-refractivity contribution in [2.75, 3.05) is 11.9 Å². The standard InChI is InChI=1S/C17H22ClN3/c1-5-9-19-15-11-14(12-7-6-8-13(18)10-12)20-16(21-15)17(2,3)4/h6-8,10-11H,5,9H2,1-4H3,(H,19,20,21). The van der Waals surface area contributed by atoms with E-state index in [0.29, 0.717) is 5.02 Å². The fourth-order valence-corrected chi connectivity index (χ4v) is 2.11. The van der Waals surface area contributed by atoms with E-state index in [4.69, 9.17) is 16.6 Å². The molecule has 0 saturated heterocycles. The molecule has 0 aliphatic carbocycles. The van der Waals surface area contributed by atoms with Crippen LogP contribution in [0.5, 0.6) is 0 Å². The van der Waals surface area contributed by atoms with E-state index in [1.165, 1.54) is 0 Å². The Morgan fingerprint density at radius 3 is 2.52 bits per heavy atom. The van der Waals surface area contributed by atoms with Crippen molar-refractivity contribution < 1.29 is 0 Å². The predicted molar refractivity (Wildman–Crippen MR) is 90.0 cm³/mol. The molecule has 1 aromatic heterocycles. The first-order chi connectivity index (χ1) is 9.90. The molecule has 0 fully saturated rings. The molecule has 0 aliphatic heterocycles. The van der Waals surface area contributed by atoms with Gasteiger partial charge in [-0.15, -0.1) is 0 Å². The van der Waals surface area contributed by atoms with Crippen LogP contribution in [0.3, 0.4) is 0 Å². The molecule has 0 aliphatic rings. The van der Waals surface area contributed by atoms with E-state index < -0.39 is 0 Å². The topological polar surface area (TPSA) is 37.8 Å². The van der Waals surface area contributed by atoms with E-state index in [1.54, 1.807) is 0 Å². The van der Waals surface area contributed by atoms with E-state index in [2.05, 4.69) is 38.0 Å². The van der Waals surface area contributed by atoms with Gasteiger partial charge in [0.15, 0.2) is 0 Å². The molecule has 0 radical (unpaired) electrons. The highest BCUT2D eigenvalue weighted by Crippen LogP contribution is 2.27. The Labute approximate surface area is 131 Å². The first-order valence-corrected chi connectivity index (χ1v) is 7.67. The maximum absolute atomic E-state index is 6.09. The summed E-state index contributed by atoms with van der Waals surface area (Å²) >= 11 is 6.09. The molecule has 1 N–H and O–H groups in total. The number of nitrogens with zero attached hydrogens (tertiary/aromatic N) is 2. The third-order valence-corrected chi connectivity index (χ3v) is 3.31. The lowest BCUT2D eigenvalue weighted by molar-refractivity contribution is 0.546. The van der Waals surface area contributed by atoms with Gasteiger partial charge < -0.3 is 5.32 Å². The molecule has 1 heterocycles. The monoisotopic (exact) mass is 303 g/mol. The maximum atomic E-state index is 6.09. The average molecular weight is 304 g/mol. The maximum Gasteiger partial charge on any atom is 0.136 e. The lowest BCUT2D eigenvalue weighted by atomic mass is 9.95. The molecule has 1 aromatic carbocycles. The second-order valence-corrected chi connectivity index (χ2v) is 6.59. The van der Waals surface area contributed by atoms with Crippen molar-refractivity contribution in [1.29, 1.82) is 0 Å². The number of anilines is 1. The summed E-state index contributed by atoms with van der Waals surface area (Å²) in [7, 11) is 0. The number of rotatable bonds is 4. The molecule has 3 nitrogen and oxygen atoms in total. The van der Waals surface area contributed by atoms with Gasteiger partial charge in [-0.2, -0.15) is 0 Å². The summed E-state index contributed by atoms with van der Waals surface area (Å²) < 4.78 is 0. The van der Waals surface area contributed by atoms with Crippen LogP contribution in [0.25, 0.3) is 11.3 Å². The number of aromatic nitrogens is 2. The summed E-state index contributed by atoms with van der Waals surface area (Å²) in [6.45, 7) is 9.39. The van der Waals surface area contributed by atoms with Gasteiger partial charge >= 0.3 is 0 Å². The number of nitrogens with one attached hydrogen (secondary N) is 1. The first kappa shape index (κ1) is 15.8. The molecule has 0 saturated carbocycles. The average Bonchev–Trinajstić information content (AvgIpc) is 2.44. The third kappa shape index (κ3) is 4.18. The van der Waals surface area contributed by atoms with Gasteiger partial charge in [-0.25, -0.2) is 9.97 Å². The van der Waals surface area contributed by atoms with Gasteiger partial charge in [-0.05, 0) is 18.6 Å². The minimum atomic E-state index is -0.1000. The zero-order valence-corrected chi connectivity index (χ0v) is 13.8. The van der Waals surface area contributed by atoms with Crippen molar-refractivity contribution in [1.82, 2.24) is 9.97 Å². The van der Waals surface area contributed by atoms with Crippen LogP contribution < -0.4 is 5.32 Å². The molecular weight excluding hydrogens is 282 g/mol. The van der Waals surface area contributed by atoms with Crippen LogP contribution in [-0.2, 0) is 5.41 Å². The highest BCUT2D eigenvalue weighted by atomic mass is 35.5. The lowest BCUT2D eigenvalue weighted by Crippen LogP contribution is -2.18. The minimum absolute atomic E-state index is 0.1000. The summed E-state index contributed by atoms with van der Waals surface area (Å²) in [5.74, 6) is 1.70. The van der Waals surface area contributed by atoms with Crippen LogP contribution in [0.1, 0.15) is 39.9 Å². The molecule has 0 atom stereocenters. The summed E-state index contributed by atoms with van der Waals surface area (Å²) in [5, 5.41) is 4.06. The van der Waals surface area contributed by atoms with Gasteiger partial charge in [-0.1, -0.05) is 51.4 Å². The number of halogens is 1. The Kier molecular flexibility index (Phi) is 4.84. The van der Waals surface area contributed by atoms with Crippen molar-refractivity contribution in [2.45, 2.75) is 39.5 Å². The highest BCUT2D eigenvalue weighted by molar-refractivity contribution is 6.30. The number of hydrogen-bond donors (Lipinski definition) is 1. The molecule has 21 heavy (non-hydrogen) atoms. The fourth-order valence-electron chi connectivity index (χ4n) is 1.92. The van der Waals surface area contributed by atoms with Crippen LogP contribution in [0.4, 0.5) is 5.82 Å². The van der Waals surface area contributed by atoms with E-state index in [-0.39, 0.29) is 5.41 Å². The molecular formula is C17H22ClN3. The van der Waals surface area contributed by atoms with Gasteiger partial charge in [0.05, 0.1) is 5.69 Å². The molecule has 4 heteroatoms. The number of benzene rings is 1. The van der Waals surface area contributed by atoms with Gasteiger partial charge in [-0.3, -0.25) is 0 Å². The molecule has 2 aromatic rings. The normalized spacial score (nSPS) is 11.5. The molecule has 0 bridgehead atoms. The Morgan fingerprint density at radius 2 is 1.90 bits per heavy atom. The van der Waals surface area contributed by atoms with E-state index >= 15 is 0 Å². The lowest BCUT2D eigenvalue weighted by Gasteiger charge is -2.19. The highest BCUT2D eigenvalue weighted by Gasteiger charge is 2.19. The van der Waals surface area contributed by atoms with Gasteiger partial charge in [0, 0.05) is 28.6 Å². The summed E-state index contributed by atoms with van der Waals surface area (Å²) in [4.78, 5) is 9.35. The van der Waals surface area contributed by atoms with Crippen molar-refractivity contribution in [3.05, 3.63) is 41.2 Å². The van der Waals surface area contributed by atoms with Crippen molar-refractivity contribution in [3.63, 3.8) is 0 Å². The number of hydrogen-bond acceptors (Lipinski definition) is 3. The van der Waals surface area contributed by atoms with E-state index in [1.807, 2.05) is 30.3 Å².